The predicted molar refractivity (Wildman–Crippen MR) is 68.3 cm³/mol. The van der Waals surface area contributed by atoms with E-state index in [1.54, 1.807) is 20.8 Å². The zero-order valence-corrected chi connectivity index (χ0v) is 10.8. The predicted octanol–water partition coefficient (Wildman–Crippen LogP) is 2.28. The van der Waals surface area contributed by atoms with Gasteiger partial charge in [-0.05, 0) is 20.8 Å². The summed E-state index contributed by atoms with van der Waals surface area (Å²) in [6, 6.07) is 12.0. The van der Waals surface area contributed by atoms with Crippen LogP contribution in [0.5, 0.6) is 0 Å². The van der Waals surface area contributed by atoms with Gasteiger partial charge in [-0.1, -0.05) is 36.4 Å². The number of carboxylic acids is 1. The summed E-state index contributed by atoms with van der Waals surface area (Å²) in [5.74, 6) is -1.10. The first-order chi connectivity index (χ1) is 8.31. The Hall–Kier alpha value is -2.04. The van der Waals surface area contributed by atoms with Crippen molar-refractivity contribution < 1.29 is 19.4 Å². The Labute approximate surface area is 107 Å². The molecule has 0 aliphatic rings. The van der Waals surface area contributed by atoms with Gasteiger partial charge in [0.15, 0.2) is 0 Å². The lowest BCUT2D eigenvalue weighted by Crippen LogP contribution is -2.35. The summed E-state index contributed by atoms with van der Waals surface area (Å²) in [7, 11) is 0. The van der Waals surface area contributed by atoms with E-state index in [9.17, 15) is 9.59 Å². The molecule has 0 unspecified atom stereocenters. The number of ether oxygens (including phenoxy) is 1. The van der Waals surface area contributed by atoms with Gasteiger partial charge >= 0.3 is 12.1 Å². The second-order valence-electron chi connectivity index (χ2n) is 4.40. The first-order valence-corrected chi connectivity index (χ1v) is 5.50. The van der Waals surface area contributed by atoms with Crippen molar-refractivity contribution in [1.82, 2.24) is 5.32 Å². The Morgan fingerprint density at radius 3 is 1.72 bits per heavy atom. The minimum Gasteiger partial charge on any atom is -0.480 e. The number of carbonyl (C=O) groups excluding carboxylic acids is 1. The highest BCUT2D eigenvalue weighted by molar-refractivity contribution is 5.76. The molecular weight excluding hydrogens is 234 g/mol. The zero-order chi connectivity index (χ0) is 14.0. The molecular formula is C13H19NO4. The number of carbonyl (C=O) groups is 2. The van der Waals surface area contributed by atoms with Gasteiger partial charge in [0.2, 0.25) is 0 Å². The fourth-order valence-corrected chi connectivity index (χ4v) is 0.847. The molecule has 0 atom stereocenters. The van der Waals surface area contributed by atoms with Crippen LogP contribution in [0.1, 0.15) is 20.8 Å². The van der Waals surface area contributed by atoms with E-state index in [0.717, 1.165) is 0 Å². The number of amides is 1. The monoisotopic (exact) mass is 253 g/mol. The largest absolute Gasteiger partial charge is 0.480 e. The minimum absolute atomic E-state index is 0.422. The number of alkyl carbamates (subject to hydrolysis) is 1. The van der Waals surface area contributed by atoms with Gasteiger partial charge in [0.1, 0.15) is 12.1 Å². The minimum atomic E-state index is -1.10. The van der Waals surface area contributed by atoms with Crippen LogP contribution in [0.25, 0.3) is 0 Å². The second-order valence-corrected chi connectivity index (χ2v) is 4.40. The van der Waals surface area contributed by atoms with Crippen molar-refractivity contribution >= 4 is 12.1 Å². The number of hydrogen-bond acceptors (Lipinski definition) is 3. The van der Waals surface area contributed by atoms with Crippen LogP contribution in [0.15, 0.2) is 36.4 Å². The van der Waals surface area contributed by atoms with Crippen LogP contribution >= 0.6 is 0 Å². The third-order valence-electron chi connectivity index (χ3n) is 1.45. The number of carboxylic acid groups (broad SMARTS) is 1. The van der Waals surface area contributed by atoms with E-state index in [1.807, 2.05) is 36.4 Å². The molecule has 5 nitrogen and oxygen atoms in total. The first kappa shape index (κ1) is 16.0. The maximum Gasteiger partial charge on any atom is 0.408 e. The Morgan fingerprint density at radius 2 is 1.44 bits per heavy atom. The topological polar surface area (TPSA) is 75.6 Å². The molecule has 18 heavy (non-hydrogen) atoms. The average Bonchev–Trinajstić information content (AvgIpc) is 2.27. The molecule has 1 amide bonds. The summed E-state index contributed by atoms with van der Waals surface area (Å²) in [5.41, 5.74) is -0.595. The van der Waals surface area contributed by atoms with Crippen LogP contribution in [0.4, 0.5) is 4.79 Å². The average molecular weight is 253 g/mol. The highest BCUT2D eigenvalue weighted by atomic mass is 16.6. The summed E-state index contributed by atoms with van der Waals surface area (Å²) in [4.78, 5) is 20.8. The van der Waals surface area contributed by atoms with Crippen LogP contribution in [0.3, 0.4) is 0 Å². The fraction of sp³-hybridized carbons (Fsp3) is 0.385. The highest BCUT2D eigenvalue weighted by Gasteiger charge is 2.15. The van der Waals surface area contributed by atoms with Crippen LogP contribution < -0.4 is 5.32 Å². The Kier molecular flexibility index (Phi) is 7.19. The molecule has 1 aromatic carbocycles. The molecule has 0 saturated heterocycles. The van der Waals surface area contributed by atoms with Crippen molar-refractivity contribution in [2.24, 2.45) is 0 Å². The van der Waals surface area contributed by atoms with Gasteiger partial charge in [-0.2, -0.15) is 0 Å². The molecule has 1 rings (SSSR count). The molecule has 0 bridgehead atoms. The van der Waals surface area contributed by atoms with Crippen LogP contribution in [0, 0.1) is 0 Å². The lowest BCUT2D eigenvalue weighted by Gasteiger charge is -2.19. The summed E-state index contributed by atoms with van der Waals surface area (Å²) in [5, 5.41) is 10.3. The fourth-order valence-electron chi connectivity index (χ4n) is 0.847. The number of aliphatic carboxylic acids is 1. The molecule has 0 aliphatic carbocycles. The lowest BCUT2D eigenvalue weighted by molar-refractivity contribution is -0.136. The highest BCUT2D eigenvalue weighted by Crippen LogP contribution is 2.05. The van der Waals surface area contributed by atoms with E-state index >= 15 is 0 Å². The SMILES string of the molecule is CC(C)(C)OC(=O)NCC(=O)O.c1ccccc1. The van der Waals surface area contributed by atoms with Crippen LogP contribution in [-0.2, 0) is 9.53 Å². The summed E-state index contributed by atoms with van der Waals surface area (Å²) in [6.45, 7) is 4.68. The number of rotatable bonds is 2. The zero-order valence-electron chi connectivity index (χ0n) is 10.8. The maximum absolute atomic E-state index is 10.8. The van der Waals surface area contributed by atoms with E-state index in [2.05, 4.69) is 5.32 Å². The molecule has 0 saturated carbocycles. The van der Waals surface area contributed by atoms with Crippen LogP contribution in [-0.4, -0.2) is 29.3 Å². The van der Waals surface area contributed by atoms with E-state index in [4.69, 9.17) is 9.84 Å². The van der Waals surface area contributed by atoms with E-state index in [0.29, 0.717) is 0 Å². The van der Waals surface area contributed by atoms with Gasteiger partial charge in [0.25, 0.3) is 0 Å². The van der Waals surface area contributed by atoms with Crippen molar-refractivity contribution in [2.75, 3.05) is 6.54 Å². The molecule has 0 heterocycles. The summed E-state index contributed by atoms with van der Waals surface area (Å²) in [6.07, 6.45) is -0.718. The molecule has 5 heteroatoms. The molecule has 0 aliphatic heterocycles. The molecule has 2 N–H and O–H groups in total. The molecule has 0 aromatic heterocycles. The van der Waals surface area contributed by atoms with Gasteiger partial charge in [-0.25, -0.2) is 4.79 Å². The Balaban J connectivity index is 0.000000397. The molecule has 1 aromatic rings. The van der Waals surface area contributed by atoms with Crippen molar-refractivity contribution in [3.63, 3.8) is 0 Å². The normalized spacial score (nSPS) is 9.72. The summed E-state index contributed by atoms with van der Waals surface area (Å²) >= 11 is 0. The number of nitrogens with one attached hydrogen (secondary N) is 1. The first-order valence-electron chi connectivity index (χ1n) is 5.50. The second kappa shape index (κ2) is 8.11. The van der Waals surface area contributed by atoms with E-state index in [1.165, 1.54) is 0 Å². The molecule has 0 spiro atoms. The molecule has 0 fully saturated rings. The smallest absolute Gasteiger partial charge is 0.408 e. The van der Waals surface area contributed by atoms with Crippen molar-refractivity contribution in [1.29, 1.82) is 0 Å². The van der Waals surface area contributed by atoms with Crippen molar-refractivity contribution in [2.45, 2.75) is 26.4 Å². The van der Waals surface area contributed by atoms with Crippen LogP contribution in [0.2, 0.25) is 0 Å². The lowest BCUT2D eigenvalue weighted by atomic mass is 10.2. The third-order valence-corrected chi connectivity index (χ3v) is 1.45. The van der Waals surface area contributed by atoms with Gasteiger partial charge in [0.05, 0.1) is 0 Å². The van der Waals surface area contributed by atoms with E-state index in [-0.39, 0.29) is 0 Å². The Bertz CT molecular complexity index is 330. The van der Waals surface area contributed by atoms with Crippen molar-refractivity contribution in [3.8, 4) is 0 Å². The third kappa shape index (κ3) is 12.0. The number of hydrogen-bond donors (Lipinski definition) is 2. The standard InChI is InChI=1S/C7H13NO4.C6H6/c1-7(2,3)12-6(11)8-4-5(9)10;1-2-4-6-5-3-1/h4H2,1-3H3,(H,8,11)(H,9,10);1-6H. The van der Waals surface area contributed by atoms with Gasteiger partial charge in [-0.15, -0.1) is 0 Å². The van der Waals surface area contributed by atoms with Gasteiger partial charge in [0, 0.05) is 0 Å². The van der Waals surface area contributed by atoms with Gasteiger partial charge in [-0.3, -0.25) is 4.79 Å². The maximum atomic E-state index is 10.8. The number of benzene rings is 1. The Morgan fingerprint density at radius 1 is 1.06 bits per heavy atom. The quantitative estimate of drug-likeness (QED) is 0.847. The molecule has 0 radical (unpaired) electrons. The van der Waals surface area contributed by atoms with Gasteiger partial charge < -0.3 is 15.2 Å². The van der Waals surface area contributed by atoms with E-state index < -0.39 is 24.2 Å². The molecule has 100 valence electrons. The van der Waals surface area contributed by atoms with Crippen molar-refractivity contribution in [3.05, 3.63) is 36.4 Å². The summed E-state index contributed by atoms with van der Waals surface area (Å²) < 4.78 is 4.77.